The molecule has 0 radical (unpaired) electrons. The van der Waals surface area contributed by atoms with Gasteiger partial charge in [-0.15, -0.1) is 0 Å². The van der Waals surface area contributed by atoms with E-state index in [2.05, 4.69) is 10.6 Å². The summed E-state index contributed by atoms with van der Waals surface area (Å²) in [4.78, 5) is 4.81. The van der Waals surface area contributed by atoms with Gasteiger partial charge in [-0.25, -0.2) is 4.98 Å². The Hall–Kier alpha value is -2.29. The van der Waals surface area contributed by atoms with Crippen LogP contribution >= 0.6 is 23.2 Å². The monoisotopic (exact) mass is 352 g/mol. The number of hydrogen-bond donors (Lipinski definition) is 0. The summed E-state index contributed by atoms with van der Waals surface area (Å²) in [6.45, 7) is 0.640. The Morgan fingerprint density at radius 3 is 2.21 bits per heavy atom. The normalized spacial score (nSPS) is 11.1. The number of nitrogens with zero attached hydrogens (tertiary/aromatic N) is 2. The second kappa shape index (κ2) is 6.31. The topological polar surface area (TPSA) is 17.8 Å². The van der Waals surface area contributed by atoms with Crippen LogP contribution in [0.4, 0.5) is 0 Å². The Morgan fingerprint density at radius 2 is 1.42 bits per heavy atom. The Kier molecular flexibility index (Phi) is 4.01. The summed E-state index contributed by atoms with van der Waals surface area (Å²) in [6.07, 6.45) is 0. The third-order valence-corrected chi connectivity index (χ3v) is 4.75. The molecule has 0 bridgehead atoms. The average molecular weight is 353 g/mol. The van der Waals surface area contributed by atoms with Crippen LogP contribution in [0.3, 0.4) is 0 Å². The van der Waals surface area contributed by atoms with Crippen LogP contribution in [0.25, 0.3) is 22.4 Å². The summed E-state index contributed by atoms with van der Waals surface area (Å²) in [7, 11) is 0. The molecule has 24 heavy (non-hydrogen) atoms. The molecule has 0 atom stereocenters. The van der Waals surface area contributed by atoms with E-state index in [0.29, 0.717) is 11.6 Å². The van der Waals surface area contributed by atoms with E-state index in [0.717, 1.165) is 33.0 Å². The standard InChI is InChI=1S/C20H14Cl2N2/c21-16-9-3-1-7-14(16)13-24-19-12-6-5-11-18(19)23-20(24)15-8-2-4-10-17(15)22/h1-12H,13H2. The van der Waals surface area contributed by atoms with Crippen LogP contribution in [0, 0.1) is 0 Å². The van der Waals surface area contributed by atoms with E-state index in [1.54, 1.807) is 0 Å². The van der Waals surface area contributed by atoms with Crippen LogP contribution in [0.15, 0.2) is 72.8 Å². The largest absolute Gasteiger partial charge is 0.319 e. The fraction of sp³-hybridized carbons (Fsp3) is 0.0500. The first kappa shape index (κ1) is 15.3. The average Bonchev–Trinajstić information content (AvgIpc) is 2.96. The zero-order chi connectivity index (χ0) is 16.5. The van der Waals surface area contributed by atoms with E-state index in [9.17, 15) is 0 Å². The van der Waals surface area contributed by atoms with E-state index in [-0.39, 0.29) is 0 Å². The van der Waals surface area contributed by atoms with Crippen molar-refractivity contribution >= 4 is 34.2 Å². The molecule has 4 rings (SSSR count). The minimum atomic E-state index is 0.640. The lowest BCUT2D eigenvalue weighted by molar-refractivity contribution is 0.834. The molecular formula is C20H14Cl2N2. The predicted octanol–water partition coefficient (Wildman–Crippen LogP) is 6.06. The van der Waals surface area contributed by atoms with Gasteiger partial charge in [0.05, 0.1) is 22.6 Å². The SMILES string of the molecule is Clc1ccccc1Cn1c(-c2ccccc2Cl)nc2ccccc21. The number of rotatable bonds is 3. The van der Waals surface area contributed by atoms with E-state index in [4.69, 9.17) is 28.2 Å². The Balaban J connectivity index is 1.94. The second-order valence-corrected chi connectivity index (χ2v) is 6.40. The second-order valence-electron chi connectivity index (χ2n) is 5.58. The highest BCUT2D eigenvalue weighted by atomic mass is 35.5. The summed E-state index contributed by atoms with van der Waals surface area (Å²) in [5, 5.41) is 1.44. The Morgan fingerprint density at radius 1 is 0.750 bits per heavy atom. The molecule has 2 nitrogen and oxygen atoms in total. The highest BCUT2D eigenvalue weighted by Gasteiger charge is 2.15. The van der Waals surface area contributed by atoms with Gasteiger partial charge in [0.15, 0.2) is 0 Å². The van der Waals surface area contributed by atoms with Crippen LogP contribution in [-0.4, -0.2) is 9.55 Å². The first-order valence-corrected chi connectivity index (χ1v) is 8.43. The Bertz CT molecular complexity index is 1020. The molecule has 118 valence electrons. The minimum Gasteiger partial charge on any atom is -0.319 e. The fourth-order valence-electron chi connectivity index (χ4n) is 2.88. The number of hydrogen-bond acceptors (Lipinski definition) is 1. The maximum absolute atomic E-state index is 6.41. The summed E-state index contributed by atoms with van der Waals surface area (Å²) in [5.74, 6) is 0.849. The smallest absolute Gasteiger partial charge is 0.142 e. The first-order valence-electron chi connectivity index (χ1n) is 7.67. The van der Waals surface area contributed by atoms with E-state index in [1.165, 1.54) is 0 Å². The van der Waals surface area contributed by atoms with Crippen molar-refractivity contribution in [3.05, 3.63) is 88.4 Å². The van der Waals surface area contributed by atoms with Crippen molar-refractivity contribution in [2.24, 2.45) is 0 Å². The number of fused-ring (bicyclic) bond motifs is 1. The van der Waals surface area contributed by atoms with Crippen LogP contribution in [0.1, 0.15) is 5.56 Å². The van der Waals surface area contributed by atoms with Crippen molar-refractivity contribution in [2.45, 2.75) is 6.54 Å². The van der Waals surface area contributed by atoms with Gasteiger partial charge >= 0.3 is 0 Å². The molecule has 0 saturated heterocycles. The molecule has 0 aliphatic rings. The van der Waals surface area contributed by atoms with Gasteiger partial charge in [0.2, 0.25) is 0 Å². The molecule has 0 unspecified atom stereocenters. The fourth-order valence-corrected chi connectivity index (χ4v) is 3.30. The molecule has 0 N–H and O–H groups in total. The molecule has 0 aliphatic heterocycles. The van der Waals surface area contributed by atoms with Crippen molar-refractivity contribution in [1.82, 2.24) is 9.55 Å². The maximum Gasteiger partial charge on any atom is 0.142 e. The van der Waals surface area contributed by atoms with Crippen LogP contribution < -0.4 is 0 Å². The molecule has 1 heterocycles. The Labute approximate surface area is 150 Å². The number of para-hydroxylation sites is 2. The van der Waals surface area contributed by atoms with Crippen molar-refractivity contribution in [2.75, 3.05) is 0 Å². The molecule has 0 saturated carbocycles. The van der Waals surface area contributed by atoms with Gasteiger partial charge in [0.25, 0.3) is 0 Å². The van der Waals surface area contributed by atoms with Crippen molar-refractivity contribution < 1.29 is 0 Å². The van der Waals surface area contributed by atoms with Crippen molar-refractivity contribution in [3.8, 4) is 11.4 Å². The van der Waals surface area contributed by atoms with Gasteiger partial charge in [-0.2, -0.15) is 0 Å². The molecule has 4 heteroatoms. The highest BCUT2D eigenvalue weighted by molar-refractivity contribution is 6.33. The van der Waals surface area contributed by atoms with Gasteiger partial charge in [0, 0.05) is 10.6 Å². The number of imidazole rings is 1. The summed E-state index contributed by atoms with van der Waals surface area (Å²) >= 11 is 12.8. The molecular weight excluding hydrogens is 339 g/mol. The molecule has 0 fully saturated rings. The van der Waals surface area contributed by atoms with Gasteiger partial charge < -0.3 is 4.57 Å². The lowest BCUT2D eigenvalue weighted by Gasteiger charge is -2.11. The van der Waals surface area contributed by atoms with Crippen molar-refractivity contribution in [1.29, 1.82) is 0 Å². The van der Waals surface area contributed by atoms with Gasteiger partial charge in [-0.05, 0) is 35.9 Å². The lowest BCUT2D eigenvalue weighted by atomic mass is 10.2. The van der Waals surface area contributed by atoms with Crippen molar-refractivity contribution in [3.63, 3.8) is 0 Å². The van der Waals surface area contributed by atoms with Crippen LogP contribution in [-0.2, 0) is 6.54 Å². The molecule has 0 spiro atoms. The summed E-state index contributed by atoms with van der Waals surface area (Å²) < 4.78 is 2.16. The maximum atomic E-state index is 6.41. The highest BCUT2D eigenvalue weighted by Crippen LogP contribution is 2.31. The first-order chi connectivity index (χ1) is 11.7. The molecule has 4 aromatic rings. The minimum absolute atomic E-state index is 0.640. The number of halogens is 2. The number of aromatic nitrogens is 2. The third-order valence-electron chi connectivity index (χ3n) is 4.06. The van der Waals surface area contributed by atoms with Gasteiger partial charge in [-0.1, -0.05) is 65.7 Å². The predicted molar refractivity (Wildman–Crippen MR) is 101 cm³/mol. The van der Waals surface area contributed by atoms with Gasteiger partial charge in [-0.3, -0.25) is 0 Å². The molecule has 0 amide bonds. The lowest BCUT2D eigenvalue weighted by Crippen LogP contribution is -2.03. The summed E-state index contributed by atoms with van der Waals surface area (Å²) in [6, 6.07) is 23.7. The molecule has 0 aliphatic carbocycles. The van der Waals surface area contributed by atoms with E-state index in [1.807, 2.05) is 66.7 Å². The zero-order valence-corrected chi connectivity index (χ0v) is 14.3. The van der Waals surface area contributed by atoms with E-state index < -0.39 is 0 Å². The third kappa shape index (κ3) is 2.68. The number of benzene rings is 3. The molecule has 3 aromatic carbocycles. The van der Waals surface area contributed by atoms with Gasteiger partial charge in [0.1, 0.15) is 5.82 Å². The van der Waals surface area contributed by atoms with E-state index >= 15 is 0 Å². The zero-order valence-electron chi connectivity index (χ0n) is 12.8. The van der Waals surface area contributed by atoms with Crippen LogP contribution in [0.2, 0.25) is 10.0 Å². The summed E-state index contributed by atoms with van der Waals surface area (Å²) in [5.41, 5.74) is 3.98. The quantitative estimate of drug-likeness (QED) is 0.438. The molecule has 1 aromatic heterocycles. The van der Waals surface area contributed by atoms with Crippen LogP contribution in [0.5, 0.6) is 0 Å².